The number of methoxy groups -OCH3 is 4. The van der Waals surface area contributed by atoms with Gasteiger partial charge in [0, 0.05) is 73.5 Å². The molecule has 4 aliphatic rings. The molecule has 2 fully saturated rings. The number of benzene rings is 2. The lowest BCUT2D eigenvalue weighted by molar-refractivity contribution is -0.136. The van der Waals surface area contributed by atoms with Crippen molar-refractivity contribution in [3.05, 3.63) is 57.3 Å². The molecular weight excluding hydrogens is 871 g/mol. The fraction of sp³-hybridized carbons (Fsp3) is 0.500. The van der Waals surface area contributed by atoms with Crippen molar-refractivity contribution in [3.8, 4) is 45.1 Å². The zero-order valence-electron chi connectivity index (χ0n) is 36.8. The normalized spacial score (nSPS) is 20.7. The number of rotatable bonds is 12. The molecule has 2 aromatic carbocycles. The summed E-state index contributed by atoms with van der Waals surface area (Å²) < 4.78 is 33.8. The number of halogens is 2. The molecular formula is C44H52Cl2N8O10. The Kier molecular flexibility index (Phi) is 12.8. The second kappa shape index (κ2) is 18.1. The first kappa shape index (κ1) is 45.0. The lowest BCUT2D eigenvalue weighted by Crippen LogP contribution is -2.51. The molecule has 18 nitrogen and oxygen atoms in total. The molecule has 2 saturated heterocycles. The number of nitrogens with one attached hydrogen (secondary N) is 4. The number of H-pyrrole nitrogens is 2. The van der Waals surface area contributed by atoms with Crippen LogP contribution in [0.1, 0.15) is 75.4 Å². The molecule has 6 atom stereocenters. The minimum atomic E-state index is -0.828. The van der Waals surface area contributed by atoms with E-state index < -0.39 is 36.4 Å². The number of aromatic nitrogens is 4. The van der Waals surface area contributed by atoms with Crippen molar-refractivity contribution >= 4 is 47.2 Å². The van der Waals surface area contributed by atoms with Gasteiger partial charge in [-0.05, 0) is 36.1 Å². The molecule has 0 spiro atoms. The SMILES string of the molecule is COC(=O)N[C@H](C(=O)N1C[C@@H](OC)C[C@H]1c1nc(Cl)c(-c2cc3c4c(c2)OCc2cc(-c5[nH]c([C@@H]6C[C@H](OC)CN6C(=O)[C@@H](NC(=O)OC)C(C)C)nc5Cl)cc(c2-4)OC3)[nH]1)C(C)C. The second-order valence-corrected chi connectivity index (χ2v) is 17.8. The highest BCUT2D eigenvalue weighted by Gasteiger charge is 2.44. The number of imidazole rings is 2. The van der Waals surface area contributed by atoms with E-state index in [9.17, 15) is 19.2 Å². The first-order valence-electron chi connectivity index (χ1n) is 21.1. The van der Waals surface area contributed by atoms with Crippen LogP contribution in [0, 0.1) is 11.8 Å². The number of hydrogen-bond acceptors (Lipinski definition) is 12. The van der Waals surface area contributed by atoms with Gasteiger partial charge in [-0.25, -0.2) is 19.6 Å². The summed E-state index contributed by atoms with van der Waals surface area (Å²) in [6, 6.07) is 5.16. The zero-order chi connectivity index (χ0) is 45.7. The molecule has 0 radical (unpaired) electrons. The highest BCUT2D eigenvalue weighted by Crippen LogP contribution is 2.52. The molecule has 0 saturated carbocycles. The fourth-order valence-corrected chi connectivity index (χ4v) is 9.60. The quantitative estimate of drug-likeness (QED) is 0.119. The Balaban J connectivity index is 1.07. The molecule has 4 aromatic rings. The van der Waals surface area contributed by atoms with Gasteiger partial charge in [0.05, 0.1) is 49.9 Å². The van der Waals surface area contributed by atoms with Crippen LogP contribution in [0.2, 0.25) is 10.3 Å². The van der Waals surface area contributed by atoms with Gasteiger partial charge in [0.25, 0.3) is 0 Å². The van der Waals surface area contributed by atoms with E-state index in [4.69, 9.17) is 61.6 Å². The number of ether oxygens (including phenoxy) is 6. The third-order valence-electron chi connectivity index (χ3n) is 12.5. The van der Waals surface area contributed by atoms with Gasteiger partial charge >= 0.3 is 12.2 Å². The van der Waals surface area contributed by atoms with E-state index in [1.54, 1.807) is 24.0 Å². The van der Waals surface area contributed by atoms with Crippen molar-refractivity contribution in [2.45, 2.75) is 90.1 Å². The van der Waals surface area contributed by atoms with Gasteiger partial charge in [-0.3, -0.25) is 9.59 Å². The molecule has 6 heterocycles. The lowest BCUT2D eigenvalue weighted by atomic mass is 9.87. The van der Waals surface area contributed by atoms with Crippen molar-refractivity contribution in [1.82, 2.24) is 40.4 Å². The first-order valence-corrected chi connectivity index (χ1v) is 21.9. The summed E-state index contributed by atoms with van der Waals surface area (Å²) in [5, 5.41) is 5.79. The first-order chi connectivity index (χ1) is 30.6. The van der Waals surface area contributed by atoms with E-state index in [1.807, 2.05) is 52.0 Å². The topological polar surface area (TPSA) is 212 Å². The molecule has 4 aliphatic heterocycles. The van der Waals surface area contributed by atoms with Gasteiger partial charge in [0.15, 0.2) is 10.3 Å². The van der Waals surface area contributed by atoms with Crippen molar-refractivity contribution in [1.29, 1.82) is 0 Å². The third kappa shape index (κ3) is 8.31. The van der Waals surface area contributed by atoms with E-state index in [2.05, 4.69) is 20.6 Å². The van der Waals surface area contributed by atoms with Crippen LogP contribution in [0.4, 0.5) is 9.59 Å². The molecule has 0 unspecified atom stereocenters. The average Bonchev–Trinajstić information content (AvgIpc) is 4.10. The number of alkyl carbamates (subject to hydrolysis) is 2. The van der Waals surface area contributed by atoms with E-state index in [0.29, 0.717) is 60.5 Å². The third-order valence-corrected chi connectivity index (χ3v) is 13.0. The monoisotopic (exact) mass is 922 g/mol. The summed E-state index contributed by atoms with van der Waals surface area (Å²) in [5.74, 6) is 1.27. The Hall–Kier alpha value is -5.56. The van der Waals surface area contributed by atoms with Crippen LogP contribution in [-0.2, 0) is 41.8 Å². The van der Waals surface area contributed by atoms with Crippen LogP contribution in [0.15, 0.2) is 24.3 Å². The predicted molar refractivity (Wildman–Crippen MR) is 234 cm³/mol. The highest BCUT2D eigenvalue weighted by atomic mass is 35.5. The number of carbonyl (C=O) groups excluding carboxylic acids is 4. The fourth-order valence-electron chi connectivity index (χ4n) is 9.10. The molecule has 20 heteroatoms. The van der Waals surface area contributed by atoms with E-state index >= 15 is 0 Å². The van der Waals surface area contributed by atoms with Crippen molar-refractivity contribution in [2.24, 2.45) is 11.8 Å². The number of carbonyl (C=O) groups is 4. The standard InChI is InChI=1S/C44H52Cl2N8O10/c1-19(2)33(49-43(57)61-7)41(55)53-15-25(59-5)13-27(53)39-47-35(37(45)51-39)21-9-23-17-64-30-12-22(10-24-18-63-29(11-21)31(23)32(24)30)36-38(46)52-40(48-36)28-14-26(60-6)16-54(28)42(56)34(20(3)4)50-44(58)62-8/h9-12,19-20,25-28,33-34H,13-18H2,1-8H3,(H,47,51)(H,48,52)(H,49,57)(H,50,58)/t25-,26-,27-,28-,33-,34-/m0/s1. The minimum absolute atomic E-state index is 0.216. The Labute approximate surface area is 379 Å². The van der Waals surface area contributed by atoms with Crippen LogP contribution in [0.5, 0.6) is 11.5 Å². The number of amides is 4. The number of aromatic amines is 2. The maximum Gasteiger partial charge on any atom is 0.407 e. The molecule has 2 aromatic heterocycles. The lowest BCUT2D eigenvalue weighted by Gasteiger charge is -2.30. The largest absolute Gasteiger partial charge is 0.488 e. The Morgan fingerprint density at radius 2 is 1.06 bits per heavy atom. The minimum Gasteiger partial charge on any atom is -0.488 e. The smallest absolute Gasteiger partial charge is 0.407 e. The van der Waals surface area contributed by atoms with E-state index in [1.165, 1.54) is 14.2 Å². The number of likely N-dealkylation sites (tertiary alicyclic amines) is 2. The van der Waals surface area contributed by atoms with Crippen LogP contribution < -0.4 is 20.1 Å². The highest BCUT2D eigenvalue weighted by molar-refractivity contribution is 6.32. The molecule has 342 valence electrons. The Bertz CT molecular complexity index is 2250. The maximum atomic E-state index is 14.0. The number of nitrogens with zero attached hydrogens (tertiary/aromatic N) is 4. The van der Waals surface area contributed by atoms with Gasteiger partial charge in [0.2, 0.25) is 11.8 Å². The van der Waals surface area contributed by atoms with E-state index in [-0.39, 0.29) is 59.4 Å². The van der Waals surface area contributed by atoms with Crippen LogP contribution in [0.3, 0.4) is 0 Å². The molecule has 0 bridgehead atoms. The van der Waals surface area contributed by atoms with Crippen LogP contribution in [0.25, 0.3) is 33.6 Å². The summed E-state index contributed by atoms with van der Waals surface area (Å²) in [6.45, 7) is 8.47. The summed E-state index contributed by atoms with van der Waals surface area (Å²) >= 11 is 13.7. The number of hydrogen-bond donors (Lipinski definition) is 4. The van der Waals surface area contributed by atoms with Crippen molar-refractivity contribution < 1.29 is 47.6 Å². The van der Waals surface area contributed by atoms with Crippen molar-refractivity contribution in [2.75, 3.05) is 41.5 Å². The summed E-state index contributed by atoms with van der Waals surface area (Å²) in [6.07, 6.45) is -0.971. The zero-order valence-corrected chi connectivity index (χ0v) is 38.3. The molecule has 4 amide bonds. The van der Waals surface area contributed by atoms with E-state index in [0.717, 1.165) is 33.4 Å². The second-order valence-electron chi connectivity index (χ2n) is 17.1. The van der Waals surface area contributed by atoms with Crippen LogP contribution in [-0.4, -0.2) is 120 Å². The van der Waals surface area contributed by atoms with Gasteiger partial charge in [-0.15, -0.1) is 0 Å². The average molecular weight is 924 g/mol. The van der Waals surface area contributed by atoms with Gasteiger partial charge < -0.3 is 58.8 Å². The summed E-state index contributed by atoms with van der Waals surface area (Å²) in [7, 11) is 5.71. The molecule has 0 aliphatic carbocycles. The van der Waals surface area contributed by atoms with Crippen molar-refractivity contribution in [3.63, 3.8) is 0 Å². The predicted octanol–water partition coefficient (Wildman–Crippen LogP) is 6.56. The van der Waals surface area contributed by atoms with Gasteiger partial charge in [-0.2, -0.15) is 0 Å². The Morgan fingerprint density at radius 1 is 0.672 bits per heavy atom. The van der Waals surface area contributed by atoms with Gasteiger partial charge in [-0.1, -0.05) is 50.9 Å². The summed E-state index contributed by atoms with van der Waals surface area (Å²) in [4.78, 5) is 71.8. The molecule has 4 N–H and O–H groups in total. The Morgan fingerprint density at radius 3 is 1.41 bits per heavy atom. The maximum absolute atomic E-state index is 14.0. The summed E-state index contributed by atoms with van der Waals surface area (Å²) in [5.41, 5.74) is 6.14. The van der Waals surface area contributed by atoms with Crippen LogP contribution >= 0.6 is 23.2 Å². The molecule has 8 rings (SSSR count). The van der Waals surface area contributed by atoms with Gasteiger partial charge in [0.1, 0.15) is 48.4 Å². The molecule has 64 heavy (non-hydrogen) atoms.